The van der Waals surface area contributed by atoms with Gasteiger partial charge in [-0.25, -0.2) is 4.79 Å². The second-order valence-electron chi connectivity index (χ2n) is 3.07. The van der Waals surface area contributed by atoms with Crippen molar-refractivity contribution in [3.05, 3.63) is 10.3 Å². The SMILES string of the molecule is CC(O)C(CO)OCN(/C=C/I)C(=O)NC=O. The summed E-state index contributed by atoms with van der Waals surface area (Å²) >= 11 is 1.90. The molecule has 2 unspecified atom stereocenters. The summed E-state index contributed by atoms with van der Waals surface area (Å²) in [4.78, 5) is 22.5. The van der Waals surface area contributed by atoms with Gasteiger partial charge in [-0.2, -0.15) is 0 Å². The largest absolute Gasteiger partial charge is 0.394 e. The number of ether oxygens (including phenoxy) is 1. The third kappa shape index (κ3) is 6.56. The Kier molecular flexibility index (Phi) is 8.94. The lowest BCUT2D eigenvalue weighted by atomic mass is 10.2. The van der Waals surface area contributed by atoms with Crippen LogP contribution in [0.2, 0.25) is 0 Å². The molecule has 0 fully saturated rings. The maximum absolute atomic E-state index is 11.3. The number of aliphatic hydroxyl groups is 2. The standard InChI is InChI=1S/C9H15IN2O5/c1-7(15)8(4-13)17-6-12(3-2-10)9(16)11-5-14/h2-3,5,7-8,13,15H,4,6H2,1H3,(H,11,14,16)/b3-2+. The lowest BCUT2D eigenvalue weighted by Crippen LogP contribution is -2.40. The number of urea groups is 1. The highest BCUT2D eigenvalue weighted by Gasteiger charge is 2.17. The number of aliphatic hydroxyl groups excluding tert-OH is 2. The van der Waals surface area contributed by atoms with Gasteiger partial charge in [0.05, 0.1) is 12.7 Å². The molecule has 0 aliphatic heterocycles. The number of halogens is 1. The Balaban J connectivity index is 4.34. The van der Waals surface area contributed by atoms with Crippen molar-refractivity contribution in [1.82, 2.24) is 10.2 Å². The van der Waals surface area contributed by atoms with Crippen LogP contribution in [0.4, 0.5) is 4.79 Å². The molecule has 7 nitrogen and oxygen atoms in total. The maximum Gasteiger partial charge on any atom is 0.329 e. The highest BCUT2D eigenvalue weighted by molar-refractivity contribution is 14.1. The second-order valence-corrected chi connectivity index (χ2v) is 3.79. The van der Waals surface area contributed by atoms with E-state index in [0.717, 1.165) is 4.90 Å². The van der Waals surface area contributed by atoms with Crippen molar-refractivity contribution in [2.75, 3.05) is 13.3 Å². The molecule has 17 heavy (non-hydrogen) atoms. The molecule has 0 saturated heterocycles. The van der Waals surface area contributed by atoms with E-state index < -0.39 is 18.2 Å². The van der Waals surface area contributed by atoms with Gasteiger partial charge >= 0.3 is 6.03 Å². The van der Waals surface area contributed by atoms with E-state index in [2.05, 4.69) is 0 Å². The zero-order valence-corrected chi connectivity index (χ0v) is 11.4. The van der Waals surface area contributed by atoms with Gasteiger partial charge in [-0.1, -0.05) is 22.6 Å². The smallest absolute Gasteiger partial charge is 0.329 e. The Bertz CT molecular complexity index is 272. The molecule has 0 aliphatic carbocycles. The van der Waals surface area contributed by atoms with Gasteiger partial charge in [0.1, 0.15) is 12.8 Å². The average molecular weight is 358 g/mol. The molecule has 2 atom stereocenters. The topological polar surface area (TPSA) is 99.1 Å². The van der Waals surface area contributed by atoms with E-state index in [1.54, 1.807) is 4.08 Å². The van der Waals surface area contributed by atoms with E-state index >= 15 is 0 Å². The number of nitrogens with zero attached hydrogens (tertiary/aromatic N) is 1. The van der Waals surface area contributed by atoms with E-state index in [-0.39, 0.29) is 19.7 Å². The van der Waals surface area contributed by atoms with Crippen LogP contribution in [0.15, 0.2) is 10.3 Å². The second kappa shape index (κ2) is 9.33. The Hall–Kier alpha value is -0.710. The molecule has 0 bridgehead atoms. The minimum Gasteiger partial charge on any atom is -0.394 e. The molecular weight excluding hydrogens is 343 g/mol. The molecule has 0 radical (unpaired) electrons. The Labute approximate surface area is 113 Å². The molecule has 0 saturated carbocycles. The normalized spacial score (nSPS) is 14.4. The fourth-order valence-electron chi connectivity index (χ4n) is 0.891. The zero-order valence-electron chi connectivity index (χ0n) is 9.25. The van der Waals surface area contributed by atoms with Crippen molar-refractivity contribution < 1.29 is 24.5 Å². The molecule has 3 N–H and O–H groups in total. The van der Waals surface area contributed by atoms with Crippen molar-refractivity contribution in [3.63, 3.8) is 0 Å². The first-order valence-electron chi connectivity index (χ1n) is 4.75. The summed E-state index contributed by atoms with van der Waals surface area (Å²) in [5.74, 6) is 0. The first-order chi connectivity index (χ1) is 8.06. The zero-order chi connectivity index (χ0) is 13.3. The summed E-state index contributed by atoms with van der Waals surface area (Å²) < 4.78 is 6.69. The van der Waals surface area contributed by atoms with Crippen LogP contribution >= 0.6 is 22.6 Å². The van der Waals surface area contributed by atoms with Gasteiger partial charge in [0.15, 0.2) is 0 Å². The Morgan fingerprint density at radius 1 is 1.65 bits per heavy atom. The van der Waals surface area contributed by atoms with E-state index in [4.69, 9.17) is 9.84 Å². The number of carbonyl (C=O) groups excluding carboxylic acids is 2. The number of nitrogens with one attached hydrogen (secondary N) is 1. The molecule has 0 heterocycles. The number of amides is 3. The highest BCUT2D eigenvalue weighted by Crippen LogP contribution is 2.02. The molecule has 0 aromatic heterocycles. The average Bonchev–Trinajstić information content (AvgIpc) is 2.28. The Morgan fingerprint density at radius 2 is 2.29 bits per heavy atom. The first kappa shape index (κ1) is 16.3. The predicted octanol–water partition coefficient (Wildman–Crippen LogP) is -0.224. The fourth-order valence-corrected chi connectivity index (χ4v) is 1.28. The molecule has 0 rings (SSSR count). The van der Waals surface area contributed by atoms with E-state index in [9.17, 15) is 14.7 Å². The lowest BCUT2D eigenvalue weighted by Gasteiger charge is -2.23. The van der Waals surface area contributed by atoms with Gasteiger partial charge in [-0.15, -0.1) is 0 Å². The van der Waals surface area contributed by atoms with Gasteiger partial charge < -0.3 is 14.9 Å². The van der Waals surface area contributed by atoms with Gasteiger partial charge in [-0.05, 0) is 11.0 Å². The van der Waals surface area contributed by atoms with Crippen LogP contribution in [0.5, 0.6) is 0 Å². The summed E-state index contributed by atoms with van der Waals surface area (Å²) in [5, 5.41) is 20.1. The van der Waals surface area contributed by atoms with Crippen LogP contribution in [0.25, 0.3) is 0 Å². The first-order valence-corrected chi connectivity index (χ1v) is 5.99. The summed E-state index contributed by atoms with van der Waals surface area (Å²) in [5.41, 5.74) is 0. The van der Waals surface area contributed by atoms with Gasteiger partial charge in [0, 0.05) is 6.20 Å². The van der Waals surface area contributed by atoms with Crippen molar-refractivity contribution in [1.29, 1.82) is 0 Å². The molecular formula is C9H15IN2O5. The number of rotatable bonds is 7. The maximum atomic E-state index is 11.3. The van der Waals surface area contributed by atoms with Crippen molar-refractivity contribution in [2.45, 2.75) is 19.1 Å². The number of hydrogen-bond acceptors (Lipinski definition) is 5. The van der Waals surface area contributed by atoms with Crippen molar-refractivity contribution >= 4 is 35.0 Å². The van der Waals surface area contributed by atoms with Crippen molar-refractivity contribution in [2.24, 2.45) is 0 Å². The monoisotopic (exact) mass is 358 g/mol. The number of hydrogen-bond donors (Lipinski definition) is 3. The summed E-state index contributed by atoms with van der Waals surface area (Å²) in [6.45, 7) is 0.912. The molecule has 0 aromatic rings. The molecule has 98 valence electrons. The predicted molar refractivity (Wildman–Crippen MR) is 68.1 cm³/mol. The minimum atomic E-state index is -0.862. The third-order valence-corrected chi connectivity index (χ3v) is 2.15. The van der Waals surface area contributed by atoms with Crippen LogP contribution in [0.1, 0.15) is 6.92 Å². The Morgan fingerprint density at radius 3 is 2.71 bits per heavy atom. The molecule has 3 amide bonds. The minimum absolute atomic E-state index is 0.185. The van der Waals surface area contributed by atoms with E-state index in [1.165, 1.54) is 13.1 Å². The third-order valence-electron chi connectivity index (χ3n) is 1.83. The fraction of sp³-hybridized carbons (Fsp3) is 0.556. The van der Waals surface area contributed by atoms with Crippen LogP contribution in [-0.2, 0) is 9.53 Å². The summed E-state index contributed by atoms with van der Waals surface area (Å²) in [6, 6.07) is -0.657. The van der Waals surface area contributed by atoms with E-state index in [0.29, 0.717) is 0 Å². The number of carbonyl (C=O) groups is 2. The molecule has 8 heteroatoms. The molecule has 0 aromatic carbocycles. The number of imide groups is 1. The summed E-state index contributed by atoms with van der Waals surface area (Å²) in [6.07, 6.45) is 0.00782. The van der Waals surface area contributed by atoms with Crippen LogP contribution in [0.3, 0.4) is 0 Å². The van der Waals surface area contributed by atoms with Gasteiger partial charge in [0.25, 0.3) is 0 Å². The quantitative estimate of drug-likeness (QED) is 0.332. The lowest BCUT2D eigenvalue weighted by molar-refractivity contribution is -0.109. The molecule has 0 spiro atoms. The van der Waals surface area contributed by atoms with Crippen LogP contribution in [-0.4, -0.2) is 53.1 Å². The highest BCUT2D eigenvalue weighted by atomic mass is 127. The molecule has 0 aliphatic rings. The van der Waals surface area contributed by atoms with Crippen molar-refractivity contribution in [3.8, 4) is 0 Å². The van der Waals surface area contributed by atoms with Crippen LogP contribution < -0.4 is 5.32 Å². The van der Waals surface area contributed by atoms with E-state index in [1.807, 2.05) is 27.9 Å². The summed E-state index contributed by atoms with van der Waals surface area (Å²) in [7, 11) is 0. The van der Waals surface area contributed by atoms with Gasteiger partial charge in [0.2, 0.25) is 6.41 Å². The van der Waals surface area contributed by atoms with Gasteiger partial charge in [-0.3, -0.25) is 15.0 Å². The van der Waals surface area contributed by atoms with Crippen LogP contribution in [0, 0.1) is 0 Å².